The summed E-state index contributed by atoms with van der Waals surface area (Å²) in [4.78, 5) is 0. The summed E-state index contributed by atoms with van der Waals surface area (Å²) in [6.07, 6.45) is 3.47. The molecule has 0 bridgehead atoms. The molecule has 0 fully saturated rings. The molecule has 0 aliphatic heterocycles. The predicted octanol–water partition coefficient (Wildman–Crippen LogP) is -0.540. The third-order valence-corrected chi connectivity index (χ3v) is 1.93. The Bertz CT molecular complexity index is 382. The van der Waals surface area contributed by atoms with Gasteiger partial charge < -0.3 is 5.73 Å². The Hall–Kier alpha value is -1.92. The van der Waals surface area contributed by atoms with Crippen LogP contribution >= 0.6 is 0 Å². The molecule has 0 spiro atoms. The molecule has 0 radical (unpaired) electrons. The van der Waals surface area contributed by atoms with E-state index in [0.29, 0.717) is 18.9 Å². The third-order valence-electron chi connectivity index (χ3n) is 1.93. The van der Waals surface area contributed by atoms with Crippen molar-refractivity contribution in [1.29, 1.82) is 0 Å². The van der Waals surface area contributed by atoms with E-state index in [0.717, 1.165) is 5.56 Å². The van der Waals surface area contributed by atoms with Crippen LogP contribution in [0.4, 0.5) is 5.82 Å². The normalized spacial score (nSPS) is 10.6. The zero-order valence-electron chi connectivity index (χ0n) is 7.83. The maximum atomic E-state index is 5.61. The summed E-state index contributed by atoms with van der Waals surface area (Å²) in [5.74, 6) is 0.571. The topological polar surface area (TPSA) is 87.4 Å². The monoisotopic (exact) mass is 193 g/mol. The van der Waals surface area contributed by atoms with Gasteiger partial charge in [-0.15, -0.1) is 5.10 Å². The standard InChI is InChI=1S/C7H11N7/c1-6-4-13(10-7(6)8)2-3-14-5-9-11-12-14/h4-5H,2-3H2,1H3,(H2,8,10). The first-order valence-electron chi connectivity index (χ1n) is 4.26. The minimum absolute atomic E-state index is 0.571. The van der Waals surface area contributed by atoms with Gasteiger partial charge in [-0.3, -0.25) is 4.68 Å². The molecule has 0 unspecified atom stereocenters. The summed E-state index contributed by atoms with van der Waals surface area (Å²) < 4.78 is 3.43. The second-order valence-electron chi connectivity index (χ2n) is 3.03. The Morgan fingerprint density at radius 1 is 1.36 bits per heavy atom. The van der Waals surface area contributed by atoms with Gasteiger partial charge in [0.05, 0.1) is 13.1 Å². The molecule has 2 rings (SSSR count). The number of nitrogens with two attached hydrogens (primary N) is 1. The van der Waals surface area contributed by atoms with Gasteiger partial charge in [0.25, 0.3) is 0 Å². The summed E-state index contributed by atoms with van der Waals surface area (Å²) >= 11 is 0. The highest BCUT2D eigenvalue weighted by Crippen LogP contribution is 2.05. The number of aryl methyl sites for hydroxylation is 3. The van der Waals surface area contributed by atoms with Crippen LogP contribution in [0, 0.1) is 6.92 Å². The molecule has 7 heteroatoms. The van der Waals surface area contributed by atoms with Crippen molar-refractivity contribution in [1.82, 2.24) is 30.0 Å². The average Bonchev–Trinajstić information content (AvgIpc) is 2.74. The van der Waals surface area contributed by atoms with Crippen LogP contribution in [0.2, 0.25) is 0 Å². The number of rotatable bonds is 3. The van der Waals surface area contributed by atoms with Crippen molar-refractivity contribution in [2.24, 2.45) is 0 Å². The maximum absolute atomic E-state index is 5.61. The molecule has 0 amide bonds. The van der Waals surface area contributed by atoms with E-state index in [9.17, 15) is 0 Å². The Kier molecular flexibility index (Phi) is 2.13. The number of anilines is 1. The van der Waals surface area contributed by atoms with E-state index in [1.165, 1.54) is 0 Å². The van der Waals surface area contributed by atoms with Crippen molar-refractivity contribution in [2.45, 2.75) is 20.0 Å². The Morgan fingerprint density at radius 3 is 2.71 bits per heavy atom. The summed E-state index contributed by atoms with van der Waals surface area (Å²) in [5.41, 5.74) is 6.60. The van der Waals surface area contributed by atoms with Crippen molar-refractivity contribution in [3.8, 4) is 0 Å². The Balaban J connectivity index is 1.98. The van der Waals surface area contributed by atoms with Gasteiger partial charge in [-0.05, 0) is 17.4 Å². The number of hydrogen-bond acceptors (Lipinski definition) is 5. The Morgan fingerprint density at radius 2 is 2.14 bits per heavy atom. The predicted molar refractivity (Wildman–Crippen MR) is 49.2 cm³/mol. The van der Waals surface area contributed by atoms with E-state index in [4.69, 9.17) is 5.73 Å². The number of tetrazole rings is 1. The molecule has 7 nitrogen and oxygen atoms in total. The first-order chi connectivity index (χ1) is 6.75. The summed E-state index contributed by atoms with van der Waals surface area (Å²) in [5, 5.41) is 14.9. The van der Waals surface area contributed by atoms with Gasteiger partial charge in [-0.25, -0.2) is 4.68 Å². The minimum Gasteiger partial charge on any atom is -0.382 e. The number of nitrogens with zero attached hydrogens (tertiary/aromatic N) is 6. The van der Waals surface area contributed by atoms with Crippen LogP contribution in [0.1, 0.15) is 5.56 Å². The molecular formula is C7H11N7. The lowest BCUT2D eigenvalue weighted by molar-refractivity contribution is 0.490. The maximum Gasteiger partial charge on any atom is 0.148 e. The fourth-order valence-corrected chi connectivity index (χ4v) is 1.14. The van der Waals surface area contributed by atoms with Crippen molar-refractivity contribution in [2.75, 3.05) is 5.73 Å². The van der Waals surface area contributed by atoms with E-state index >= 15 is 0 Å². The minimum atomic E-state index is 0.571. The number of nitrogen functional groups attached to an aromatic ring is 1. The number of aromatic nitrogens is 6. The molecule has 0 aromatic carbocycles. The van der Waals surface area contributed by atoms with Crippen molar-refractivity contribution < 1.29 is 0 Å². The van der Waals surface area contributed by atoms with Crippen LogP contribution in [0.15, 0.2) is 12.5 Å². The molecule has 0 aliphatic carbocycles. The average molecular weight is 193 g/mol. The highest BCUT2D eigenvalue weighted by atomic mass is 15.5. The largest absolute Gasteiger partial charge is 0.382 e. The summed E-state index contributed by atoms with van der Waals surface area (Å²) in [7, 11) is 0. The first kappa shape index (κ1) is 8.67. The first-order valence-corrected chi connectivity index (χ1v) is 4.26. The van der Waals surface area contributed by atoms with Crippen molar-refractivity contribution in [3.05, 3.63) is 18.1 Å². The van der Waals surface area contributed by atoms with Gasteiger partial charge in [0.15, 0.2) is 0 Å². The van der Waals surface area contributed by atoms with Gasteiger partial charge in [0.2, 0.25) is 0 Å². The zero-order chi connectivity index (χ0) is 9.97. The van der Waals surface area contributed by atoms with E-state index in [2.05, 4.69) is 20.6 Å². The number of hydrogen-bond donors (Lipinski definition) is 1. The van der Waals surface area contributed by atoms with Gasteiger partial charge in [-0.2, -0.15) is 5.10 Å². The molecule has 2 aromatic rings. The van der Waals surface area contributed by atoms with E-state index in [-0.39, 0.29) is 0 Å². The molecule has 0 saturated heterocycles. The van der Waals surface area contributed by atoms with Gasteiger partial charge in [0.1, 0.15) is 12.1 Å². The van der Waals surface area contributed by atoms with Gasteiger partial charge in [-0.1, -0.05) is 0 Å². The van der Waals surface area contributed by atoms with E-state index in [1.807, 2.05) is 13.1 Å². The molecule has 14 heavy (non-hydrogen) atoms. The molecule has 0 saturated carbocycles. The Labute approximate surface area is 80.5 Å². The smallest absolute Gasteiger partial charge is 0.148 e. The lowest BCUT2D eigenvalue weighted by Crippen LogP contribution is -2.08. The van der Waals surface area contributed by atoms with Crippen LogP contribution in [-0.2, 0) is 13.1 Å². The van der Waals surface area contributed by atoms with E-state index in [1.54, 1.807) is 15.7 Å². The highest BCUT2D eigenvalue weighted by Gasteiger charge is 2.00. The summed E-state index contributed by atoms with van der Waals surface area (Å²) in [6, 6.07) is 0. The van der Waals surface area contributed by atoms with Crippen LogP contribution in [0.5, 0.6) is 0 Å². The van der Waals surface area contributed by atoms with Gasteiger partial charge in [0, 0.05) is 11.8 Å². The zero-order valence-corrected chi connectivity index (χ0v) is 7.83. The SMILES string of the molecule is Cc1cn(CCn2cnnn2)nc1N. The molecule has 2 heterocycles. The fraction of sp³-hybridized carbons (Fsp3) is 0.429. The molecule has 0 aliphatic rings. The summed E-state index contributed by atoms with van der Waals surface area (Å²) in [6.45, 7) is 3.33. The second-order valence-corrected chi connectivity index (χ2v) is 3.03. The molecular weight excluding hydrogens is 182 g/mol. The van der Waals surface area contributed by atoms with Gasteiger partial charge >= 0.3 is 0 Å². The van der Waals surface area contributed by atoms with Crippen molar-refractivity contribution in [3.63, 3.8) is 0 Å². The van der Waals surface area contributed by atoms with Crippen LogP contribution in [-0.4, -0.2) is 30.0 Å². The van der Waals surface area contributed by atoms with Crippen LogP contribution < -0.4 is 5.73 Å². The highest BCUT2D eigenvalue weighted by molar-refractivity contribution is 5.35. The van der Waals surface area contributed by atoms with Crippen LogP contribution in [0.3, 0.4) is 0 Å². The molecule has 2 N–H and O–H groups in total. The second kappa shape index (κ2) is 3.44. The molecule has 0 atom stereocenters. The third kappa shape index (κ3) is 1.70. The fourth-order valence-electron chi connectivity index (χ4n) is 1.14. The van der Waals surface area contributed by atoms with Crippen LogP contribution in [0.25, 0.3) is 0 Å². The molecule has 2 aromatic heterocycles. The van der Waals surface area contributed by atoms with E-state index < -0.39 is 0 Å². The lowest BCUT2D eigenvalue weighted by atomic mass is 10.4. The quantitative estimate of drug-likeness (QED) is 0.707. The molecule has 74 valence electrons. The lowest BCUT2D eigenvalue weighted by Gasteiger charge is -1.99. The van der Waals surface area contributed by atoms with Crippen molar-refractivity contribution >= 4 is 5.82 Å².